The standard InChI is InChI=1S/C10H11F3N2O2/c1-7-2-3-9(15(16)17)8(6-7)14-5-4-10(11,12)13/h2-3,6,14H,4-5H2,1H3. The highest BCUT2D eigenvalue weighted by Gasteiger charge is 2.26. The Morgan fingerprint density at radius 3 is 2.59 bits per heavy atom. The monoisotopic (exact) mass is 248 g/mol. The summed E-state index contributed by atoms with van der Waals surface area (Å²) in [5, 5.41) is 13.1. The van der Waals surface area contributed by atoms with Gasteiger partial charge in [-0.1, -0.05) is 6.07 Å². The van der Waals surface area contributed by atoms with Crippen LogP contribution in [0.25, 0.3) is 0 Å². The van der Waals surface area contributed by atoms with E-state index in [0.717, 1.165) is 5.56 Å². The Morgan fingerprint density at radius 1 is 1.41 bits per heavy atom. The van der Waals surface area contributed by atoms with Gasteiger partial charge in [0.2, 0.25) is 0 Å². The second-order valence-corrected chi connectivity index (χ2v) is 3.57. The number of nitrogens with one attached hydrogen (secondary N) is 1. The van der Waals surface area contributed by atoms with E-state index in [2.05, 4.69) is 5.32 Å². The molecule has 0 aliphatic carbocycles. The van der Waals surface area contributed by atoms with Gasteiger partial charge in [-0.05, 0) is 18.6 Å². The summed E-state index contributed by atoms with van der Waals surface area (Å²) in [5.41, 5.74) is 0.627. The van der Waals surface area contributed by atoms with E-state index in [-0.39, 0.29) is 17.9 Å². The van der Waals surface area contributed by atoms with Crippen LogP contribution in [0.5, 0.6) is 0 Å². The van der Waals surface area contributed by atoms with Gasteiger partial charge < -0.3 is 5.32 Å². The molecule has 0 saturated carbocycles. The zero-order valence-electron chi connectivity index (χ0n) is 9.04. The van der Waals surface area contributed by atoms with Crippen molar-refractivity contribution in [2.24, 2.45) is 0 Å². The van der Waals surface area contributed by atoms with Crippen molar-refractivity contribution in [3.05, 3.63) is 33.9 Å². The molecule has 0 unspecified atom stereocenters. The molecule has 7 heteroatoms. The van der Waals surface area contributed by atoms with Crippen LogP contribution in [0.3, 0.4) is 0 Å². The minimum Gasteiger partial charge on any atom is -0.379 e. The molecule has 1 rings (SSSR count). The zero-order valence-corrected chi connectivity index (χ0v) is 9.04. The zero-order chi connectivity index (χ0) is 13.1. The third-order valence-corrected chi connectivity index (χ3v) is 2.07. The van der Waals surface area contributed by atoms with E-state index in [1.165, 1.54) is 18.2 Å². The topological polar surface area (TPSA) is 55.2 Å². The lowest BCUT2D eigenvalue weighted by Crippen LogP contribution is -2.15. The first kappa shape index (κ1) is 13.3. The largest absolute Gasteiger partial charge is 0.390 e. The molecule has 0 bridgehead atoms. The van der Waals surface area contributed by atoms with Gasteiger partial charge in [-0.2, -0.15) is 13.2 Å². The van der Waals surface area contributed by atoms with E-state index < -0.39 is 17.5 Å². The average Bonchev–Trinajstić information content (AvgIpc) is 2.15. The van der Waals surface area contributed by atoms with Crippen molar-refractivity contribution < 1.29 is 18.1 Å². The molecule has 0 aliphatic heterocycles. The van der Waals surface area contributed by atoms with Gasteiger partial charge in [0.15, 0.2) is 0 Å². The maximum absolute atomic E-state index is 11.9. The van der Waals surface area contributed by atoms with Crippen molar-refractivity contribution >= 4 is 11.4 Å². The molecule has 0 saturated heterocycles. The molecule has 17 heavy (non-hydrogen) atoms. The molecule has 1 N–H and O–H groups in total. The van der Waals surface area contributed by atoms with Crippen molar-refractivity contribution in [3.63, 3.8) is 0 Å². The number of halogens is 3. The minimum absolute atomic E-state index is 0.110. The van der Waals surface area contributed by atoms with Crippen molar-refractivity contribution in [2.75, 3.05) is 11.9 Å². The molecule has 0 heterocycles. The van der Waals surface area contributed by atoms with Crippen LogP contribution in [0.4, 0.5) is 24.5 Å². The second kappa shape index (κ2) is 5.03. The van der Waals surface area contributed by atoms with Crippen LogP contribution in [0.1, 0.15) is 12.0 Å². The molecule has 1 aromatic carbocycles. The normalized spacial score (nSPS) is 11.3. The van der Waals surface area contributed by atoms with Crippen LogP contribution < -0.4 is 5.32 Å². The Balaban J connectivity index is 2.75. The molecule has 94 valence electrons. The first-order valence-electron chi connectivity index (χ1n) is 4.85. The Bertz CT molecular complexity index is 419. The summed E-state index contributed by atoms with van der Waals surface area (Å²) in [5.74, 6) is 0. The summed E-state index contributed by atoms with van der Waals surface area (Å²) in [6, 6.07) is 4.26. The van der Waals surface area contributed by atoms with Crippen LogP contribution in [0.2, 0.25) is 0 Å². The Labute approximate surface area is 95.6 Å². The van der Waals surface area contributed by atoms with E-state index in [1.807, 2.05) is 0 Å². The average molecular weight is 248 g/mol. The number of benzene rings is 1. The van der Waals surface area contributed by atoms with E-state index in [9.17, 15) is 23.3 Å². The number of alkyl halides is 3. The highest BCUT2D eigenvalue weighted by Crippen LogP contribution is 2.26. The summed E-state index contributed by atoms with van der Waals surface area (Å²) >= 11 is 0. The summed E-state index contributed by atoms with van der Waals surface area (Å²) < 4.78 is 35.8. The minimum atomic E-state index is -4.27. The Morgan fingerprint density at radius 2 is 2.06 bits per heavy atom. The smallest absolute Gasteiger partial charge is 0.379 e. The Hall–Kier alpha value is -1.79. The number of hydrogen-bond donors (Lipinski definition) is 1. The number of hydrogen-bond acceptors (Lipinski definition) is 3. The number of nitrogens with zero attached hydrogens (tertiary/aromatic N) is 1. The molecule has 0 atom stereocenters. The molecular formula is C10H11F3N2O2. The summed E-state index contributed by atoms with van der Waals surface area (Å²) in [6.07, 6.45) is -5.30. The van der Waals surface area contributed by atoms with Gasteiger partial charge in [0.05, 0.1) is 11.3 Å². The van der Waals surface area contributed by atoms with Crippen molar-refractivity contribution in [1.29, 1.82) is 0 Å². The molecule has 0 spiro atoms. The molecule has 0 radical (unpaired) electrons. The third kappa shape index (κ3) is 4.29. The van der Waals surface area contributed by atoms with Crippen LogP contribution >= 0.6 is 0 Å². The van der Waals surface area contributed by atoms with E-state index in [4.69, 9.17) is 0 Å². The van der Waals surface area contributed by atoms with Gasteiger partial charge in [-0.3, -0.25) is 10.1 Å². The maximum atomic E-state index is 11.9. The number of anilines is 1. The third-order valence-electron chi connectivity index (χ3n) is 2.07. The first-order chi connectivity index (χ1) is 7.79. The van der Waals surface area contributed by atoms with Crippen LogP contribution in [0, 0.1) is 17.0 Å². The fraction of sp³-hybridized carbons (Fsp3) is 0.400. The molecule has 0 aromatic heterocycles. The Kier molecular flexibility index (Phi) is 3.93. The quantitative estimate of drug-likeness (QED) is 0.657. The number of nitro benzene ring substituents is 1. The highest BCUT2D eigenvalue weighted by atomic mass is 19.4. The summed E-state index contributed by atoms with van der Waals surface area (Å²) in [7, 11) is 0. The lowest BCUT2D eigenvalue weighted by molar-refractivity contribution is -0.384. The maximum Gasteiger partial charge on any atom is 0.390 e. The van der Waals surface area contributed by atoms with Crippen molar-refractivity contribution in [3.8, 4) is 0 Å². The molecule has 0 aliphatic rings. The lowest BCUT2D eigenvalue weighted by atomic mass is 10.2. The molecule has 1 aromatic rings. The fourth-order valence-corrected chi connectivity index (χ4v) is 1.29. The molecule has 0 amide bonds. The predicted molar refractivity (Wildman–Crippen MR) is 57.0 cm³/mol. The highest BCUT2D eigenvalue weighted by molar-refractivity contribution is 5.62. The summed E-state index contributed by atoms with van der Waals surface area (Å²) in [6.45, 7) is 1.33. The fourth-order valence-electron chi connectivity index (χ4n) is 1.29. The first-order valence-corrected chi connectivity index (χ1v) is 4.85. The lowest BCUT2D eigenvalue weighted by Gasteiger charge is -2.09. The molecule has 4 nitrogen and oxygen atoms in total. The van der Waals surface area contributed by atoms with Gasteiger partial charge in [0.1, 0.15) is 5.69 Å². The van der Waals surface area contributed by atoms with Crippen molar-refractivity contribution in [2.45, 2.75) is 19.5 Å². The molecule has 0 fully saturated rings. The van der Waals surface area contributed by atoms with E-state index in [0.29, 0.717) is 0 Å². The number of nitro groups is 1. The van der Waals surface area contributed by atoms with Gasteiger partial charge >= 0.3 is 6.18 Å². The van der Waals surface area contributed by atoms with Crippen LogP contribution in [0.15, 0.2) is 18.2 Å². The van der Waals surface area contributed by atoms with Gasteiger partial charge in [0, 0.05) is 12.6 Å². The number of rotatable bonds is 4. The number of aryl methyl sites for hydroxylation is 1. The van der Waals surface area contributed by atoms with Crippen molar-refractivity contribution in [1.82, 2.24) is 0 Å². The van der Waals surface area contributed by atoms with Crippen LogP contribution in [-0.2, 0) is 0 Å². The van der Waals surface area contributed by atoms with E-state index >= 15 is 0 Å². The van der Waals surface area contributed by atoms with Gasteiger partial charge in [0.25, 0.3) is 5.69 Å². The van der Waals surface area contributed by atoms with Crippen LogP contribution in [-0.4, -0.2) is 17.6 Å². The predicted octanol–water partition coefficient (Wildman–Crippen LogP) is 3.27. The SMILES string of the molecule is Cc1ccc([N+](=O)[O-])c(NCCC(F)(F)F)c1. The van der Waals surface area contributed by atoms with Gasteiger partial charge in [-0.25, -0.2) is 0 Å². The second-order valence-electron chi connectivity index (χ2n) is 3.57. The van der Waals surface area contributed by atoms with E-state index in [1.54, 1.807) is 6.92 Å². The summed E-state index contributed by atoms with van der Waals surface area (Å²) in [4.78, 5) is 10.0. The molecular weight excluding hydrogens is 237 g/mol. The van der Waals surface area contributed by atoms with Gasteiger partial charge in [-0.15, -0.1) is 0 Å².